The average molecular weight is 263 g/mol. The lowest BCUT2D eigenvalue weighted by atomic mass is 9.93. The first kappa shape index (κ1) is 14.0. The van der Waals surface area contributed by atoms with Crippen LogP contribution in [-0.2, 0) is 4.74 Å². The minimum atomic E-state index is -0.0834. The van der Waals surface area contributed by atoms with Gasteiger partial charge >= 0.3 is 0 Å². The van der Waals surface area contributed by atoms with E-state index < -0.39 is 0 Å². The molecule has 1 N–H and O–H groups in total. The van der Waals surface area contributed by atoms with Crippen LogP contribution in [0.15, 0.2) is 24.3 Å². The Hall–Kier alpha value is -1.39. The number of ketones is 1. The van der Waals surface area contributed by atoms with Crippen LogP contribution in [0.2, 0.25) is 0 Å². The van der Waals surface area contributed by atoms with Crippen LogP contribution in [0.25, 0.3) is 0 Å². The van der Waals surface area contributed by atoms with Crippen molar-refractivity contribution in [2.75, 3.05) is 26.9 Å². The maximum absolute atomic E-state index is 12.5. The second-order valence-electron chi connectivity index (χ2n) is 4.80. The highest BCUT2D eigenvalue weighted by molar-refractivity contribution is 5.98. The summed E-state index contributed by atoms with van der Waals surface area (Å²) in [5.41, 5.74) is 0.722. The molecule has 1 saturated heterocycles. The van der Waals surface area contributed by atoms with Gasteiger partial charge in [-0.1, -0.05) is 6.92 Å². The van der Waals surface area contributed by atoms with Crippen LogP contribution >= 0.6 is 0 Å². The largest absolute Gasteiger partial charge is 0.497 e. The topological polar surface area (TPSA) is 47.6 Å². The SMILES string of the molecule is CCCNC1COCC1C(=O)c1ccc(OC)cc1. The third kappa shape index (κ3) is 3.33. The molecule has 1 fully saturated rings. The number of Topliss-reactive ketones (excluding diaryl/α,β-unsaturated/α-hetero) is 1. The summed E-state index contributed by atoms with van der Waals surface area (Å²) in [5.74, 6) is 0.827. The summed E-state index contributed by atoms with van der Waals surface area (Å²) < 4.78 is 10.5. The number of hydrogen-bond acceptors (Lipinski definition) is 4. The molecule has 1 aromatic carbocycles. The Bertz CT molecular complexity index is 416. The van der Waals surface area contributed by atoms with Gasteiger partial charge in [-0.2, -0.15) is 0 Å². The van der Waals surface area contributed by atoms with Crippen molar-refractivity contribution < 1.29 is 14.3 Å². The molecule has 2 rings (SSSR count). The van der Waals surface area contributed by atoms with Gasteiger partial charge in [0.25, 0.3) is 0 Å². The Morgan fingerprint density at radius 1 is 1.37 bits per heavy atom. The van der Waals surface area contributed by atoms with Crippen LogP contribution in [0.3, 0.4) is 0 Å². The smallest absolute Gasteiger partial charge is 0.169 e. The van der Waals surface area contributed by atoms with Gasteiger partial charge in [0.2, 0.25) is 0 Å². The minimum Gasteiger partial charge on any atom is -0.497 e. The van der Waals surface area contributed by atoms with Gasteiger partial charge < -0.3 is 14.8 Å². The van der Waals surface area contributed by atoms with Crippen molar-refractivity contribution in [2.45, 2.75) is 19.4 Å². The molecule has 104 valence electrons. The molecule has 19 heavy (non-hydrogen) atoms. The van der Waals surface area contributed by atoms with Crippen molar-refractivity contribution in [3.63, 3.8) is 0 Å². The maximum atomic E-state index is 12.5. The lowest BCUT2D eigenvalue weighted by Gasteiger charge is -2.17. The van der Waals surface area contributed by atoms with E-state index in [1.807, 2.05) is 24.3 Å². The quantitative estimate of drug-likeness (QED) is 0.796. The molecule has 1 aliphatic rings. The second-order valence-corrected chi connectivity index (χ2v) is 4.80. The van der Waals surface area contributed by atoms with Gasteiger partial charge in [0.15, 0.2) is 5.78 Å². The van der Waals surface area contributed by atoms with E-state index in [-0.39, 0.29) is 17.7 Å². The fourth-order valence-electron chi connectivity index (χ4n) is 2.31. The van der Waals surface area contributed by atoms with E-state index in [1.165, 1.54) is 0 Å². The van der Waals surface area contributed by atoms with E-state index >= 15 is 0 Å². The van der Waals surface area contributed by atoms with E-state index in [1.54, 1.807) is 7.11 Å². The fraction of sp³-hybridized carbons (Fsp3) is 0.533. The Morgan fingerprint density at radius 3 is 2.74 bits per heavy atom. The molecule has 2 atom stereocenters. The second kappa shape index (κ2) is 6.68. The van der Waals surface area contributed by atoms with Crippen molar-refractivity contribution in [1.82, 2.24) is 5.32 Å². The third-order valence-electron chi connectivity index (χ3n) is 3.45. The van der Waals surface area contributed by atoms with Gasteiger partial charge in [-0.15, -0.1) is 0 Å². The first-order valence-electron chi connectivity index (χ1n) is 6.75. The molecule has 0 bridgehead atoms. The zero-order valence-corrected chi connectivity index (χ0v) is 11.5. The molecule has 0 aliphatic carbocycles. The van der Waals surface area contributed by atoms with Crippen LogP contribution in [0.4, 0.5) is 0 Å². The zero-order valence-electron chi connectivity index (χ0n) is 11.5. The molecule has 2 unspecified atom stereocenters. The normalized spacial score (nSPS) is 22.4. The number of benzene rings is 1. The molecule has 1 aromatic rings. The third-order valence-corrected chi connectivity index (χ3v) is 3.45. The van der Waals surface area contributed by atoms with Crippen LogP contribution in [0.1, 0.15) is 23.7 Å². The number of carbonyl (C=O) groups excluding carboxylic acids is 1. The van der Waals surface area contributed by atoms with E-state index in [4.69, 9.17) is 9.47 Å². The van der Waals surface area contributed by atoms with Crippen molar-refractivity contribution in [1.29, 1.82) is 0 Å². The summed E-state index contributed by atoms with van der Waals surface area (Å²) in [6.45, 7) is 4.16. The molecule has 4 heteroatoms. The van der Waals surface area contributed by atoms with Gasteiger partial charge in [0.1, 0.15) is 5.75 Å². The standard InChI is InChI=1S/C15H21NO3/c1-3-8-16-14-10-19-9-13(14)15(17)11-4-6-12(18-2)7-5-11/h4-7,13-14,16H,3,8-10H2,1-2H3. The monoisotopic (exact) mass is 263 g/mol. The van der Waals surface area contributed by atoms with Crippen molar-refractivity contribution in [3.05, 3.63) is 29.8 Å². The lowest BCUT2D eigenvalue weighted by Crippen LogP contribution is -2.39. The maximum Gasteiger partial charge on any atom is 0.169 e. The molecule has 1 aliphatic heterocycles. The predicted molar refractivity (Wildman–Crippen MR) is 73.7 cm³/mol. The van der Waals surface area contributed by atoms with Gasteiger partial charge in [-0.25, -0.2) is 0 Å². The Kier molecular flexibility index (Phi) is 4.93. The minimum absolute atomic E-state index is 0.0834. The molecule has 0 radical (unpaired) electrons. The number of rotatable bonds is 6. The van der Waals surface area contributed by atoms with E-state index in [0.29, 0.717) is 13.2 Å². The Morgan fingerprint density at radius 2 is 2.11 bits per heavy atom. The highest BCUT2D eigenvalue weighted by atomic mass is 16.5. The summed E-state index contributed by atoms with van der Waals surface area (Å²) >= 11 is 0. The Balaban J connectivity index is 2.04. The molecule has 4 nitrogen and oxygen atoms in total. The summed E-state index contributed by atoms with van der Waals surface area (Å²) in [7, 11) is 1.62. The van der Waals surface area contributed by atoms with Crippen molar-refractivity contribution in [2.24, 2.45) is 5.92 Å². The summed E-state index contributed by atoms with van der Waals surface area (Å²) in [5, 5.41) is 3.38. The van der Waals surface area contributed by atoms with Gasteiger partial charge in [-0.05, 0) is 37.2 Å². The molecule has 0 saturated carbocycles. The number of hydrogen-bond donors (Lipinski definition) is 1. The summed E-state index contributed by atoms with van der Waals surface area (Å²) in [6.07, 6.45) is 1.06. The number of methoxy groups -OCH3 is 1. The van der Waals surface area contributed by atoms with Crippen LogP contribution < -0.4 is 10.1 Å². The number of nitrogens with one attached hydrogen (secondary N) is 1. The fourth-order valence-corrected chi connectivity index (χ4v) is 2.31. The summed E-state index contributed by atoms with van der Waals surface area (Å²) in [4.78, 5) is 12.5. The molecule has 1 heterocycles. The van der Waals surface area contributed by atoms with Gasteiger partial charge in [0, 0.05) is 11.6 Å². The highest BCUT2D eigenvalue weighted by Crippen LogP contribution is 2.21. The van der Waals surface area contributed by atoms with Crippen LogP contribution in [0.5, 0.6) is 5.75 Å². The van der Waals surface area contributed by atoms with E-state index in [9.17, 15) is 4.79 Å². The highest BCUT2D eigenvalue weighted by Gasteiger charge is 2.33. The van der Waals surface area contributed by atoms with E-state index in [0.717, 1.165) is 24.3 Å². The first-order chi connectivity index (χ1) is 9.26. The van der Waals surface area contributed by atoms with Gasteiger partial charge in [0.05, 0.1) is 26.2 Å². The average Bonchev–Trinajstić information content (AvgIpc) is 2.92. The lowest BCUT2D eigenvalue weighted by molar-refractivity contribution is 0.0891. The van der Waals surface area contributed by atoms with E-state index in [2.05, 4.69) is 12.2 Å². The molecule has 0 amide bonds. The molecule has 0 spiro atoms. The first-order valence-corrected chi connectivity index (χ1v) is 6.75. The molecular weight excluding hydrogens is 242 g/mol. The predicted octanol–water partition coefficient (Wildman–Crippen LogP) is 1.89. The molecule has 0 aromatic heterocycles. The van der Waals surface area contributed by atoms with Crippen LogP contribution in [0, 0.1) is 5.92 Å². The zero-order chi connectivity index (χ0) is 13.7. The number of ether oxygens (including phenoxy) is 2. The van der Waals surface area contributed by atoms with Crippen LogP contribution in [-0.4, -0.2) is 38.7 Å². The van der Waals surface area contributed by atoms with Gasteiger partial charge in [-0.3, -0.25) is 4.79 Å². The molecular formula is C15H21NO3. The van der Waals surface area contributed by atoms with Crippen molar-refractivity contribution in [3.8, 4) is 5.75 Å². The van der Waals surface area contributed by atoms with Crippen molar-refractivity contribution >= 4 is 5.78 Å². The number of carbonyl (C=O) groups is 1. The Labute approximate surface area is 114 Å². The summed E-state index contributed by atoms with van der Waals surface area (Å²) in [6, 6.07) is 7.40.